The Bertz CT molecular complexity index is 695. The average molecular weight is 489 g/mol. The van der Waals surface area contributed by atoms with Crippen LogP contribution in [0.1, 0.15) is 84.1 Å². The lowest BCUT2D eigenvalue weighted by atomic mass is 10.1. The lowest BCUT2D eigenvalue weighted by Crippen LogP contribution is -2.39. The van der Waals surface area contributed by atoms with E-state index < -0.39 is 7.82 Å². The summed E-state index contributed by atoms with van der Waals surface area (Å²) in [6.07, 6.45) is 11.0. The average Bonchev–Trinajstić information content (AvgIpc) is 2.73. The van der Waals surface area contributed by atoms with Crippen LogP contribution >= 0.6 is 7.82 Å². The van der Waals surface area contributed by atoms with Gasteiger partial charge in [-0.25, -0.2) is 4.57 Å². The molecule has 0 fully saturated rings. The Morgan fingerprint density at radius 1 is 1.03 bits per heavy atom. The molecule has 33 heavy (non-hydrogen) atoms. The second kappa shape index (κ2) is 18.0. The van der Waals surface area contributed by atoms with Crippen molar-refractivity contribution in [2.24, 2.45) is 0 Å². The summed E-state index contributed by atoms with van der Waals surface area (Å²) in [4.78, 5) is 31.8. The van der Waals surface area contributed by atoms with Crippen molar-refractivity contribution in [2.75, 3.05) is 19.8 Å². The third-order valence-electron chi connectivity index (χ3n) is 5.33. The van der Waals surface area contributed by atoms with Gasteiger partial charge in [-0.15, -0.1) is 0 Å². The molecule has 0 aromatic heterocycles. The summed E-state index contributed by atoms with van der Waals surface area (Å²) >= 11 is 0. The predicted octanol–water partition coefficient (Wildman–Crippen LogP) is 5.65. The molecule has 0 spiro atoms. The quantitative estimate of drug-likeness (QED) is 0.180. The minimum atomic E-state index is -4.53. The van der Waals surface area contributed by atoms with Crippen molar-refractivity contribution in [3.8, 4) is 5.75 Å². The van der Waals surface area contributed by atoms with Crippen molar-refractivity contribution in [3.63, 3.8) is 0 Å². The van der Waals surface area contributed by atoms with Crippen LogP contribution in [0.5, 0.6) is 5.75 Å². The summed E-state index contributed by atoms with van der Waals surface area (Å²) in [6, 6.07) is 7.76. The zero-order valence-corrected chi connectivity index (χ0v) is 21.6. The van der Waals surface area contributed by atoms with Crippen molar-refractivity contribution < 1.29 is 28.4 Å². The number of hydrogen-bond acceptors (Lipinski definition) is 5. The molecule has 5 N–H and O–H groups in total. The predicted molar refractivity (Wildman–Crippen MR) is 133 cm³/mol. The third-order valence-corrected chi connectivity index (χ3v) is 5.85. The molecule has 1 aromatic carbocycles. The second-order valence-electron chi connectivity index (χ2n) is 8.48. The lowest BCUT2D eigenvalue weighted by Gasteiger charge is -2.26. The summed E-state index contributed by atoms with van der Waals surface area (Å²) in [5, 5.41) is 0. The normalized spacial score (nSPS) is 11.3. The van der Waals surface area contributed by atoms with Crippen LogP contribution in [-0.2, 0) is 20.3 Å². The highest BCUT2D eigenvalue weighted by Crippen LogP contribution is 2.35. The van der Waals surface area contributed by atoms with Gasteiger partial charge in [0.2, 0.25) is 5.91 Å². The molecule has 1 aromatic rings. The van der Waals surface area contributed by atoms with Gasteiger partial charge in [-0.3, -0.25) is 9.32 Å². The van der Waals surface area contributed by atoms with Gasteiger partial charge in [0.25, 0.3) is 0 Å². The van der Waals surface area contributed by atoms with E-state index in [4.69, 9.17) is 14.5 Å². The number of ether oxygens (including phenoxy) is 1. The molecule has 8 nitrogen and oxygen atoms in total. The molecule has 0 saturated heterocycles. The molecule has 192 valence electrons. The third kappa shape index (κ3) is 15.9. The van der Waals surface area contributed by atoms with Crippen molar-refractivity contribution in [1.29, 1.82) is 0 Å². The Balaban J connectivity index is 0.0000102. The SMILES string of the molecule is CCCCCCCCCCOc1cccc(CCC(=O)N(CCOP(=O)(O)O)C(C)C)c1.N. The Labute approximate surface area is 199 Å². The van der Waals surface area contributed by atoms with Gasteiger partial charge in [-0.2, -0.15) is 0 Å². The number of benzene rings is 1. The zero-order chi connectivity index (χ0) is 23.8. The maximum Gasteiger partial charge on any atom is 0.469 e. The number of nitrogens with zero attached hydrogens (tertiary/aromatic N) is 1. The van der Waals surface area contributed by atoms with E-state index in [1.807, 2.05) is 38.1 Å². The molecule has 0 unspecified atom stereocenters. The summed E-state index contributed by atoms with van der Waals surface area (Å²) in [5.74, 6) is 0.758. The second-order valence-corrected chi connectivity index (χ2v) is 9.71. The van der Waals surface area contributed by atoms with E-state index in [2.05, 4.69) is 11.4 Å². The van der Waals surface area contributed by atoms with Crippen LogP contribution in [0.15, 0.2) is 24.3 Å². The van der Waals surface area contributed by atoms with E-state index in [9.17, 15) is 9.36 Å². The van der Waals surface area contributed by atoms with Gasteiger partial charge in [-0.05, 0) is 44.4 Å². The number of carbonyl (C=O) groups excluding carboxylic acids is 1. The van der Waals surface area contributed by atoms with Gasteiger partial charge in [0.15, 0.2) is 0 Å². The number of hydrogen-bond donors (Lipinski definition) is 3. The topological polar surface area (TPSA) is 131 Å². The van der Waals surface area contributed by atoms with Crippen LogP contribution in [0.3, 0.4) is 0 Å². The summed E-state index contributed by atoms with van der Waals surface area (Å²) in [6.45, 7) is 6.63. The number of aryl methyl sites for hydroxylation is 1. The molecule has 9 heteroatoms. The number of rotatable bonds is 18. The lowest BCUT2D eigenvalue weighted by molar-refractivity contribution is -0.133. The highest BCUT2D eigenvalue weighted by atomic mass is 31.2. The fourth-order valence-electron chi connectivity index (χ4n) is 3.54. The molecule has 0 aliphatic rings. The van der Waals surface area contributed by atoms with Gasteiger partial charge >= 0.3 is 7.82 Å². The van der Waals surface area contributed by atoms with Gasteiger partial charge in [0.1, 0.15) is 5.75 Å². The molecular weight excluding hydrogens is 443 g/mol. The Hall–Kier alpha value is -1.44. The molecular formula is C24H45N2O6P. The van der Waals surface area contributed by atoms with E-state index in [1.54, 1.807) is 4.90 Å². The van der Waals surface area contributed by atoms with E-state index in [0.717, 1.165) is 17.7 Å². The number of amides is 1. The van der Waals surface area contributed by atoms with Crippen molar-refractivity contribution in [2.45, 2.75) is 91.0 Å². The Morgan fingerprint density at radius 3 is 2.27 bits per heavy atom. The smallest absolute Gasteiger partial charge is 0.469 e. The minimum Gasteiger partial charge on any atom is -0.494 e. The molecule has 0 heterocycles. The van der Waals surface area contributed by atoms with Crippen LogP contribution < -0.4 is 10.9 Å². The van der Waals surface area contributed by atoms with Crippen LogP contribution in [0.4, 0.5) is 0 Å². The first-order valence-corrected chi connectivity index (χ1v) is 13.5. The molecule has 1 amide bonds. The maximum atomic E-state index is 12.6. The maximum absolute atomic E-state index is 12.6. The standard InChI is InChI=1S/C24H42NO6P.H3N/c1-4-5-6-7-8-9-10-11-18-30-23-14-12-13-22(20-23)15-16-24(26)25(21(2)3)17-19-31-32(27,28)29;/h12-14,20-21H,4-11,15-19H2,1-3H3,(H2,27,28,29);1H3. The largest absolute Gasteiger partial charge is 0.494 e. The van der Waals surface area contributed by atoms with Crippen LogP contribution in [0.25, 0.3) is 0 Å². The number of phosphoric ester groups is 1. The summed E-state index contributed by atoms with van der Waals surface area (Å²) in [5.41, 5.74) is 1.03. The van der Waals surface area contributed by atoms with Crippen LogP contribution in [-0.4, -0.2) is 46.4 Å². The van der Waals surface area contributed by atoms with Gasteiger partial charge in [0, 0.05) is 19.0 Å². The van der Waals surface area contributed by atoms with Gasteiger partial charge < -0.3 is 25.6 Å². The highest BCUT2D eigenvalue weighted by Gasteiger charge is 2.19. The number of phosphoric acid groups is 1. The molecule has 1 rings (SSSR count). The fourth-order valence-corrected chi connectivity index (χ4v) is 3.86. The zero-order valence-electron chi connectivity index (χ0n) is 20.7. The first kappa shape index (κ1) is 31.6. The first-order valence-electron chi connectivity index (χ1n) is 11.9. The van der Waals surface area contributed by atoms with Crippen LogP contribution in [0, 0.1) is 0 Å². The van der Waals surface area contributed by atoms with Crippen molar-refractivity contribution in [3.05, 3.63) is 29.8 Å². The minimum absolute atomic E-state index is 0. The number of carbonyl (C=O) groups is 1. The van der Waals surface area contributed by atoms with Crippen LogP contribution in [0.2, 0.25) is 0 Å². The molecule has 0 aliphatic heterocycles. The first-order chi connectivity index (χ1) is 15.2. The molecule has 0 saturated carbocycles. The summed E-state index contributed by atoms with van der Waals surface area (Å²) in [7, 11) is -4.53. The van der Waals surface area contributed by atoms with Crippen molar-refractivity contribution in [1.82, 2.24) is 11.1 Å². The van der Waals surface area contributed by atoms with Gasteiger partial charge in [-0.1, -0.05) is 64.0 Å². The molecule has 0 radical (unpaired) electrons. The highest BCUT2D eigenvalue weighted by molar-refractivity contribution is 7.46. The summed E-state index contributed by atoms with van der Waals surface area (Å²) < 4.78 is 21.2. The van der Waals surface area contributed by atoms with Gasteiger partial charge in [0.05, 0.1) is 13.2 Å². The molecule has 0 atom stereocenters. The monoisotopic (exact) mass is 488 g/mol. The Morgan fingerprint density at radius 2 is 1.67 bits per heavy atom. The molecule has 0 bridgehead atoms. The van der Waals surface area contributed by atoms with E-state index in [1.165, 1.54) is 44.9 Å². The Kier molecular flexibility index (Phi) is 17.2. The molecule has 0 aliphatic carbocycles. The number of unbranched alkanes of at least 4 members (excludes halogenated alkanes) is 7. The van der Waals surface area contributed by atoms with Crippen molar-refractivity contribution >= 4 is 13.7 Å². The van der Waals surface area contributed by atoms with E-state index >= 15 is 0 Å². The van der Waals surface area contributed by atoms with E-state index in [0.29, 0.717) is 19.4 Å². The fraction of sp³-hybridized carbons (Fsp3) is 0.708. The van der Waals surface area contributed by atoms with E-state index in [-0.39, 0.29) is 31.3 Å².